The molecule has 0 saturated carbocycles. The standard InChI is InChI=1S/C17H18N4O5S/c1-20(2)27(23,24)14-8-6-13(7-9-14)25-12-11-21-16(19-26-17(21)22)15-5-3-4-10-18-15/h3-10H,11-12H2,1-2H3. The number of ether oxygens (including phenoxy) is 1. The van der Waals surface area contributed by atoms with E-state index in [4.69, 9.17) is 9.26 Å². The van der Waals surface area contributed by atoms with Crippen LogP contribution in [-0.4, -0.2) is 48.1 Å². The number of benzene rings is 1. The number of rotatable bonds is 7. The van der Waals surface area contributed by atoms with Gasteiger partial charge in [-0.2, -0.15) is 0 Å². The average Bonchev–Trinajstić information content (AvgIpc) is 3.03. The van der Waals surface area contributed by atoms with Crippen LogP contribution in [0.3, 0.4) is 0 Å². The Labute approximate surface area is 155 Å². The highest BCUT2D eigenvalue weighted by molar-refractivity contribution is 7.89. The molecule has 0 aliphatic rings. The molecule has 9 nitrogen and oxygen atoms in total. The van der Waals surface area contributed by atoms with Gasteiger partial charge < -0.3 is 4.74 Å². The molecule has 2 aromatic heterocycles. The van der Waals surface area contributed by atoms with E-state index in [1.54, 1.807) is 36.5 Å². The van der Waals surface area contributed by atoms with Crippen molar-refractivity contribution in [3.8, 4) is 17.3 Å². The molecule has 10 heteroatoms. The highest BCUT2D eigenvalue weighted by Crippen LogP contribution is 2.18. The van der Waals surface area contributed by atoms with E-state index in [-0.39, 0.29) is 18.0 Å². The molecular formula is C17H18N4O5S. The molecule has 0 unspecified atom stereocenters. The first-order chi connectivity index (χ1) is 12.9. The second-order valence-corrected chi connectivity index (χ2v) is 7.90. The van der Waals surface area contributed by atoms with Crippen LogP contribution in [0.15, 0.2) is 62.9 Å². The van der Waals surface area contributed by atoms with Gasteiger partial charge >= 0.3 is 5.76 Å². The number of hydrogen-bond acceptors (Lipinski definition) is 7. The van der Waals surface area contributed by atoms with Crippen LogP contribution >= 0.6 is 0 Å². The van der Waals surface area contributed by atoms with Gasteiger partial charge in [0.25, 0.3) is 0 Å². The molecule has 0 bridgehead atoms. The maximum absolute atomic E-state index is 12.0. The second kappa shape index (κ2) is 7.72. The first-order valence-corrected chi connectivity index (χ1v) is 9.47. The van der Waals surface area contributed by atoms with Crippen molar-refractivity contribution < 1.29 is 17.7 Å². The molecule has 0 N–H and O–H groups in total. The van der Waals surface area contributed by atoms with Crippen LogP contribution in [0, 0.1) is 0 Å². The van der Waals surface area contributed by atoms with Gasteiger partial charge in [0.1, 0.15) is 18.1 Å². The van der Waals surface area contributed by atoms with Gasteiger partial charge in [-0.05, 0) is 36.4 Å². The molecule has 0 amide bonds. The van der Waals surface area contributed by atoms with Gasteiger partial charge in [0.2, 0.25) is 15.8 Å². The number of aromatic nitrogens is 3. The third-order valence-electron chi connectivity index (χ3n) is 3.77. The minimum atomic E-state index is -3.49. The smallest absolute Gasteiger partial charge is 0.442 e. The zero-order chi connectivity index (χ0) is 19.4. The highest BCUT2D eigenvalue weighted by atomic mass is 32.2. The van der Waals surface area contributed by atoms with E-state index in [9.17, 15) is 13.2 Å². The summed E-state index contributed by atoms with van der Waals surface area (Å²) in [7, 11) is -0.551. The Kier molecular flexibility index (Phi) is 5.38. The van der Waals surface area contributed by atoms with E-state index in [0.29, 0.717) is 17.3 Å². The van der Waals surface area contributed by atoms with Crippen LogP contribution < -0.4 is 10.5 Å². The molecule has 3 rings (SSSR count). The average molecular weight is 390 g/mol. The lowest BCUT2D eigenvalue weighted by Gasteiger charge is -2.12. The second-order valence-electron chi connectivity index (χ2n) is 5.75. The van der Waals surface area contributed by atoms with E-state index in [1.165, 1.54) is 30.8 Å². The summed E-state index contributed by atoms with van der Waals surface area (Å²) in [5, 5.41) is 3.75. The van der Waals surface area contributed by atoms with Crippen LogP contribution in [0.5, 0.6) is 5.75 Å². The third-order valence-corrected chi connectivity index (χ3v) is 5.60. The van der Waals surface area contributed by atoms with Crippen LogP contribution in [0.4, 0.5) is 0 Å². The predicted octanol–water partition coefficient (Wildman–Crippen LogP) is 1.23. The Hall–Kier alpha value is -2.98. The summed E-state index contributed by atoms with van der Waals surface area (Å²) >= 11 is 0. The molecule has 27 heavy (non-hydrogen) atoms. The summed E-state index contributed by atoms with van der Waals surface area (Å²) < 4.78 is 36.9. The zero-order valence-corrected chi connectivity index (χ0v) is 15.6. The summed E-state index contributed by atoms with van der Waals surface area (Å²) in [6.07, 6.45) is 1.60. The minimum absolute atomic E-state index is 0.167. The van der Waals surface area contributed by atoms with Crippen molar-refractivity contribution in [2.75, 3.05) is 20.7 Å². The van der Waals surface area contributed by atoms with Crippen molar-refractivity contribution in [1.29, 1.82) is 0 Å². The monoisotopic (exact) mass is 390 g/mol. The SMILES string of the molecule is CN(C)S(=O)(=O)c1ccc(OCCn2c(-c3ccccn3)noc2=O)cc1. The lowest BCUT2D eigenvalue weighted by molar-refractivity contribution is 0.290. The molecule has 0 saturated heterocycles. The normalized spacial score (nSPS) is 11.7. The van der Waals surface area contributed by atoms with E-state index in [2.05, 4.69) is 10.1 Å². The predicted molar refractivity (Wildman–Crippen MR) is 96.8 cm³/mol. The number of sulfonamides is 1. The van der Waals surface area contributed by atoms with Crippen molar-refractivity contribution >= 4 is 10.0 Å². The van der Waals surface area contributed by atoms with E-state index < -0.39 is 15.8 Å². The van der Waals surface area contributed by atoms with Gasteiger partial charge in [0.05, 0.1) is 11.4 Å². The summed E-state index contributed by atoms with van der Waals surface area (Å²) in [5.41, 5.74) is 0.515. The van der Waals surface area contributed by atoms with Crippen molar-refractivity contribution in [2.45, 2.75) is 11.4 Å². The van der Waals surface area contributed by atoms with Gasteiger partial charge in [-0.1, -0.05) is 11.2 Å². The molecule has 0 fully saturated rings. The Morgan fingerprint density at radius 2 is 1.89 bits per heavy atom. The Morgan fingerprint density at radius 1 is 1.15 bits per heavy atom. The molecular weight excluding hydrogens is 372 g/mol. The fourth-order valence-electron chi connectivity index (χ4n) is 2.32. The molecule has 0 aliphatic carbocycles. The van der Waals surface area contributed by atoms with E-state index in [1.807, 2.05) is 0 Å². The van der Waals surface area contributed by atoms with Crippen LogP contribution in [0.1, 0.15) is 0 Å². The van der Waals surface area contributed by atoms with Crippen molar-refractivity contribution in [1.82, 2.24) is 19.0 Å². The molecule has 0 spiro atoms. The van der Waals surface area contributed by atoms with Crippen LogP contribution in [0.25, 0.3) is 11.5 Å². The number of pyridine rings is 1. The van der Waals surface area contributed by atoms with E-state index in [0.717, 1.165) is 4.31 Å². The number of hydrogen-bond donors (Lipinski definition) is 0. The maximum Gasteiger partial charge on any atom is 0.442 e. The summed E-state index contributed by atoms with van der Waals surface area (Å²) in [6, 6.07) is 11.3. The fourth-order valence-corrected chi connectivity index (χ4v) is 3.22. The lowest BCUT2D eigenvalue weighted by Crippen LogP contribution is -2.22. The first-order valence-electron chi connectivity index (χ1n) is 8.03. The minimum Gasteiger partial charge on any atom is -0.492 e. The summed E-state index contributed by atoms with van der Waals surface area (Å²) in [4.78, 5) is 16.2. The van der Waals surface area contributed by atoms with Crippen LogP contribution in [-0.2, 0) is 16.6 Å². The number of nitrogens with zero attached hydrogens (tertiary/aromatic N) is 4. The summed E-state index contributed by atoms with van der Waals surface area (Å²) in [5.74, 6) is 0.194. The maximum atomic E-state index is 12.0. The topological polar surface area (TPSA) is 108 Å². The molecule has 0 radical (unpaired) electrons. The van der Waals surface area contributed by atoms with Gasteiger partial charge in [-0.25, -0.2) is 17.5 Å². The van der Waals surface area contributed by atoms with Crippen LogP contribution in [0.2, 0.25) is 0 Å². The Morgan fingerprint density at radius 3 is 2.52 bits per heavy atom. The molecule has 142 valence electrons. The van der Waals surface area contributed by atoms with Crippen molar-refractivity contribution in [3.05, 3.63) is 59.2 Å². The zero-order valence-electron chi connectivity index (χ0n) is 14.8. The largest absolute Gasteiger partial charge is 0.492 e. The Balaban J connectivity index is 1.68. The lowest BCUT2D eigenvalue weighted by atomic mass is 10.3. The Bertz CT molecular complexity index is 1060. The van der Waals surface area contributed by atoms with Gasteiger partial charge in [-0.15, -0.1) is 0 Å². The molecule has 0 atom stereocenters. The molecule has 0 aliphatic heterocycles. The third kappa shape index (κ3) is 4.07. The fraction of sp³-hybridized carbons (Fsp3) is 0.235. The first kappa shape index (κ1) is 18.8. The van der Waals surface area contributed by atoms with Crippen molar-refractivity contribution in [2.24, 2.45) is 0 Å². The van der Waals surface area contributed by atoms with E-state index >= 15 is 0 Å². The quantitative estimate of drug-likeness (QED) is 0.597. The van der Waals surface area contributed by atoms with Gasteiger partial charge in [-0.3, -0.25) is 14.1 Å². The van der Waals surface area contributed by atoms with Gasteiger partial charge in [0.15, 0.2) is 0 Å². The molecule has 3 aromatic rings. The summed E-state index contributed by atoms with van der Waals surface area (Å²) in [6.45, 7) is 0.368. The molecule has 1 aromatic carbocycles. The van der Waals surface area contributed by atoms with Crippen molar-refractivity contribution in [3.63, 3.8) is 0 Å². The highest BCUT2D eigenvalue weighted by Gasteiger charge is 2.17. The molecule has 2 heterocycles. The van der Waals surface area contributed by atoms with Gasteiger partial charge in [0, 0.05) is 20.3 Å².